The topological polar surface area (TPSA) is 102 Å². The first kappa shape index (κ1) is 19.5. The third-order valence-electron chi connectivity index (χ3n) is 6.34. The molecule has 3 aromatic heterocycles. The molecule has 5 heterocycles. The summed E-state index contributed by atoms with van der Waals surface area (Å²) < 4.78 is 27.9. The molecular weight excluding hydrogens is 402 g/mol. The van der Waals surface area contributed by atoms with Crippen LogP contribution in [-0.4, -0.2) is 64.2 Å². The van der Waals surface area contributed by atoms with Crippen LogP contribution in [0.15, 0.2) is 42.9 Å². The fourth-order valence-electron chi connectivity index (χ4n) is 4.58. The highest BCUT2D eigenvalue weighted by atomic mass is 32.2. The summed E-state index contributed by atoms with van der Waals surface area (Å²) in [7, 11) is -3.34. The molecule has 2 saturated heterocycles. The van der Waals surface area contributed by atoms with Crippen LogP contribution < -0.4 is 4.90 Å². The summed E-state index contributed by atoms with van der Waals surface area (Å²) in [6, 6.07) is 7.59. The Kier molecular flexibility index (Phi) is 4.96. The molecule has 0 saturated carbocycles. The maximum absolute atomic E-state index is 13.1. The van der Waals surface area contributed by atoms with Gasteiger partial charge in [-0.15, -0.1) is 0 Å². The first-order chi connectivity index (χ1) is 14.6. The number of anilines is 1. The average molecular weight is 428 g/mol. The number of hydrogen-bond donors (Lipinski definition) is 2. The minimum absolute atomic E-state index is 0.103. The van der Waals surface area contributed by atoms with E-state index < -0.39 is 15.3 Å². The van der Waals surface area contributed by atoms with Gasteiger partial charge >= 0.3 is 0 Å². The van der Waals surface area contributed by atoms with Crippen molar-refractivity contribution in [2.75, 3.05) is 31.1 Å². The van der Waals surface area contributed by atoms with E-state index in [-0.39, 0.29) is 6.61 Å². The third kappa shape index (κ3) is 3.27. The molecule has 0 amide bonds. The molecular formula is C21H25N5O3S. The number of pyridine rings is 2. The van der Waals surface area contributed by atoms with Crippen molar-refractivity contribution in [2.45, 2.75) is 30.6 Å². The lowest BCUT2D eigenvalue weighted by Crippen LogP contribution is -2.59. The first-order valence-electron chi connectivity index (χ1n) is 10.3. The highest BCUT2D eigenvalue weighted by Gasteiger charge is 2.43. The van der Waals surface area contributed by atoms with Crippen molar-refractivity contribution in [1.29, 1.82) is 0 Å². The number of hydrogen-bond acceptors (Lipinski definition) is 6. The maximum Gasteiger partial charge on any atom is 0.220 e. The van der Waals surface area contributed by atoms with Crippen LogP contribution in [-0.2, 0) is 16.6 Å². The van der Waals surface area contributed by atoms with E-state index in [4.69, 9.17) is 0 Å². The van der Waals surface area contributed by atoms with Gasteiger partial charge in [0.2, 0.25) is 10.0 Å². The van der Waals surface area contributed by atoms with E-state index in [1.807, 2.05) is 23.2 Å². The Morgan fingerprint density at radius 1 is 1.10 bits per heavy atom. The number of aromatic amines is 1. The van der Waals surface area contributed by atoms with Crippen LogP contribution in [0.4, 0.5) is 5.82 Å². The lowest BCUT2D eigenvalue weighted by molar-refractivity contribution is 0.281. The maximum atomic E-state index is 13.1. The molecule has 9 heteroatoms. The molecule has 0 aliphatic carbocycles. The minimum atomic E-state index is -3.34. The van der Waals surface area contributed by atoms with Crippen molar-refractivity contribution in [1.82, 2.24) is 19.3 Å². The van der Waals surface area contributed by atoms with Gasteiger partial charge in [-0.2, -0.15) is 0 Å². The van der Waals surface area contributed by atoms with Gasteiger partial charge in [0.1, 0.15) is 16.7 Å². The Hall–Kier alpha value is -2.49. The SMILES string of the molecule is O=S(=O)(C1CN(c2ncccc2CO)C1)N1CCC(c2c[nH]c3ncccc23)CC1. The zero-order chi connectivity index (χ0) is 20.7. The monoisotopic (exact) mass is 427 g/mol. The molecule has 3 aromatic rings. The molecule has 0 spiro atoms. The molecule has 0 atom stereocenters. The van der Waals surface area contributed by atoms with E-state index in [1.54, 1.807) is 22.8 Å². The fourth-order valence-corrected chi connectivity index (χ4v) is 6.46. The molecule has 2 N–H and O–H groups in total. The lowest BCUT2D eigenvalue weighted by atomic mass is 9.90. The molecule has 0 aromatic carbocycles. The second-order valence-corrected chi connectivity index (χ2v) is 10.2. The van der Waals surface area contributed by atoms with Gasteiger partial charge in [-0.25, -0.2) is 22.7 Å². The van der Waals surface area contributed by atoms with E-state index in [0.717, 1.165) is 29.4 Å². The van der Waals surface area contributed by atoms with Crippen LogP contribution in [0.25, 0.3) is 11.0 Å². The molecule has 0 bridgehead atoms. The zero-order valence-corrected chi connectivity index (χ0v) is 17.4. The minimum Gasteiger partial charge on any atom is -0.392 e. The molecule has 0 radical (unpaired) electrons. The second kappa shape index (κ2) is 7.64. The van der Waals surface area contributed by atoms with Crippen molar-refractivity contribution in [3.8, 4) is 0 Å². The first-order valence-corrected chi connectivity index (χ1v) is 11.8. The van der Waals surface area contributed by atoms with Crippen LogP contribution in [0.1, 0.15) is 29.9 Å². The smallest absolute Gasteiger partial charge is 0.220 e. The zero-order valence-electron chi connectivity index (χ0n) is 16.6. The number of rotatable bonds is 5. The summed E-state index contributed by atoms with van der Waals surface area (Å²) in [5, 5.41) is 10.2. The van der Waals surface area contributed by atoms with Gasteiger partial charge < -0.3 is 15.0 Å². The van der Waals surface area contributed by atoms with Gasteiger partial charge in [0, 0.05) is 55.7 Å². The largest absolute Gasteiger partial charge is 0.392 e. The van der Waals surface area contributed by atoms with E-state index >= 15 is 0 Å². The number of nitrogens with zero attached hydrogens (tertiary/aromatic N) is 4. The van der Waals surface area contributed by atoms with E-state index in [2.05, 4.69) is 21.0 Å². The standard InChI is InChI=1S/C21H25N5O3S/c27-14-16-3-1-8-23-21(16)25-12-17(13-25)30(28,29)26-9-5-15(6-10-26)19-11-24-20-18(19)4-2-7-22-20/h1-4,7-8,11,15,17,27H,5-6,9-10,12-14H2,(H,22,24). The molecule has 30 heavy (non-hydrogen) atoms. The predicted molar refractivity (Wildman–Crippen MR) is 115 cm³/mol. The van der Waals surface area contributed by atoms with Crippen LogP contribution >= 0.6 is 0 Å². The van der Waals surface area contributed by atoms with Crippen molar-refractivity contribution >= 4 is 26.9 Å². The summed E-state index contributed by atoms with van der Waals surface area (Å²) in [6.45, 7) is 1.82. The van der Waals surface area contributed by atoms with Gasteiger partial charge in [-0.1, -0.05) is 6.07 Å². The number of sulfonamides is 1. The Morgan fingerprint density at radius 2 is 1.83 bits per heavy atom. The molecule has 5 rings (SSSR count). The number of aliphatic hydroxyl groups is 1. The molecule has 2 aliphatic heterocycles. The normalized spacial score (nSPS) is 19.3. The number of fused-ring (bicyclic) bond motifs is 1. The molecule has 158 valence electrons. The Labute approximate surface area is 175 Å². The van der Waals surface area contributed by atoms with Crippen molar-refractivity contribution in [2.24, 2.45) is 0 Å². The van der Waals surface area contributed by atoms with Crippen molar-refractivity contribution in [3.63, 3.8) is 0 Å². The second-order valence-electron chi connectivity index (χ2n) is 8.03. The van der Waals surface area contributed by atoms with Crippen LogP contribution in [0.2, 0.25) is 0 Å². The van der Waals surface area contributed by atoms with Gasteiger partial charge in [-0.3, -0.25) is 0 Å². The van der Waals surface area contributed by atoms with Crippen LogP contribution in [0, 0.1) is 0 Å². The summed E-state index contributed by atoms with van der Waals surface area (Å²) >= 11 is 0. The number of aliphatic hydroxyl groups excluding tert-OH is 1. The van der Waals surface area contributed by atoms with Gasteiger partial charge in [0.15, 0.2) is 0 Å². The summed E-state index contributed by atoms with van der Waals surface area (Å²) in [6.07, 6.45) is 7.08. The average Bonchev–Trinajstić information content (AvgIpc) is 3.17. The van der Waals surface area contributed by atoms with E-state index in [9.17, 15) is 13.5 Å². The summed E-state index contributed by atoms with van der Waals surface area (Å²) in [5.41, 5.74) is 2.84. The van der Waals surface area contributed by atoms with Crippen molar-refractivity contribution < 1.29 is 13.5 Å². The summed E-state index contributed by atoms with van der Waals surface area (Å²) in [4.78, 5) is 13.8. The highest BCUT2D eigenvalue weighted by molar-refractivity contribution is 7.89. The van der Waals surface area contributed by atoms with E-state index in [1.165, 1.54) is 5.56 Å². The molecule has 2 aliphatic rings. The number of H-pyrrole nitrogens is 1. The Balaban J connectivity index is 1.23. The van der Waals surface area contributed by atoms with Gasteiger partial charge in [-0.05, 0) is 42.5 Å². The number of piperidine rings is 1. The quantitative estimate of drug-likeness (QED) is 0.644. The highest BCUT2D eigenvalue weighted by Crippen LogP contribution is 2.35. The van der Waals surface area contributed by atoms with Gasteiger partial charge in [0.25, 0.3) is 0 Å². The van der Waals surface area contributed by atoms with Crippen LogP contribution in [0.5, 0.6) is 0 Å². The third-order valence-corrected chi connectivity index (χ3v) is 8.57. The van der Waals surface area contributed by atoms with Crippen LogP contribution in [0.3, 0.4) is 0 Å². The summed E-state index contributed by atoms with van der Waals surface area (Å²) in [5.74, 6) is 1.02. The molecule has 8 nitrogen and oxygen atoms in total. The lowest BCUT2D eigenvalue weighted by Gasteiger charge is -2.43. The molecule has 2 fully saturated rings. The number of aromatic nitrogens is 3. The number of nitrogens with one attached hydrogen (secondary N) is 1. The fraction of sp³-hybridized carbons (Fsp3) is 0.429. The predicted octanol–water partition coefficient (Wildman–Crippen LogP) is 1.85. The Morgan fingerprint density at radius 3 is 2.60 bits per heavy atom. The van der Waals surface area contributed by atoms with E-state index in [0.29, 0.717) is 37.9 Å². The van der Waals surface area contributed by atoms with Crippen molar-refractivity contribution in [3.05, 3.63) is 54.0 Å². The molecule has 0 unspecified atom stereocenters. The van der Waals surface area contributed by atoms with Gasteiger partial charge in [0.05, 0.1) is 6.61 Å². The Bertz CT molecular complexity index is 1150.